The third kappa shape index (κ3) is 2.80. The molecular formula is C15H22N2O3S. The highest BCUT2D eigenvalue weighted by molar-refractivity contribution is 7.89. The molecule has 2 N–H and O–H groups in total. The molecule has 0 aromatic heterocycles. The van der Waals surface area contributed by atoms with E-state index in [0.29, 0.717) is 30.8 Å². The lowest BCUT2D eigenvalue weighted by molar-refractivity contribution is 0.0126. The summed E-state index contributed by atoms with van der Waals surface area (Å²) in [6, 6.07) is 5.44. The van der Waals surface area contributed by atoms with Crippen molar-refractivity contribution >= 4 is 15.7 Å². The molecule has 3 rings (SSSR count). The van der Waals surface area contributed by atoms with Crippen LogP contribution in [0.4, 0.5) is 5.69 Å². The lowest BCUT2D eigenvalue weighted by atomic mass is 9.95. The average molecular weight is 310 g/mol. The minimum Gasteiger partial charge on any atom is -0.390 e. The highest BCUT2D eigenvalue weighted by atomic mass is 32.2. The van der Waals surface area contributed by atoms with E-state index < -0.39 is 15.6 Å². The van der Waals surface area contributed by atoms with Gasteiger partial charge in [0.2, 0.25) is 10.0 Å². The van der Waals surface area contributed by atoms with Crippen LogP contribution in [0.1, 0.15) is 31.7 Å². The van der Waals surface area contributed by atoms with Crippen molar-refractivity contribution in [2.75, 3.05) is 25.0 Å². The number of hydrogen-bond donors (Lipinski definition) is 2. The molecule has 0 bridgehead atoms. The molecule has 0 atom stereocenters. The van der Waals surface area contributed by atoms with E-state index in [2.05, 4.69) is 5.32 Å². The van der Waals surface area contributed by atoms with E-state index in [1.807, 2.05) is 6.07 Å². The van der Waals surface area contributed by atoms with E-state index in [4.69, 9.17) is 0 Å². The van der Waals surface area contributed by atoms with Gasteiger partial charge in [-0.1, -0.05) is 6.07 Å². The van der Waals surface area contributed by atoms with Crippen molar-refractivity contribution in [2.24, 2.45) is 0 Å². The number of piperidine rings is 1. The van der Waals surface area contributed by atoms with Gasteiger partial charge in [0.25, 0.3) is 0 Å². The van der Waals surface area contributed by atoms with Gasteiger partial charge in [0.15, 0.2) is 0 Å². The molecule has 0 aliphatic carbocycles. The van der Waals surface area contributed by atoms with Crippen molar-refractivity contribution in [3.63, 3.8) is 0 Å². The number of hydrogen-bond acceptors (Lipinski definition) is 4. The van der Waals surface area contributed by atoms with Crippen LogP contribution in [0.2, 0.25) is 0 Å². The van der Waals surface area contributed by atoms with Crippen molar-refractivity contribution in [1.82, 2.24) is 4.31 Å². The van der Waals surface area contributed by atoms with Crippen LogP contribution in [-0.2, 0) is 16.4 Å². The molecule has 5 nitrogen and oxygen atoms in total. The highest BCUT2D eigenvalue weighted by Crippen LogP contribution is 2.32. The second kappa shape index (κ2) is 5.26. The minimum absolute atomic E-state index is 0.381. The predicted octanol–water partition coefficient (Wildman–Crippen LogP) is 1.58. The van der Waals surface area contributed by atoms with E-state index in [1.165, 1.54) is 4.31 Å². The first-order valence-electron chi connectivity index (χ1n) is 7.48. The van der Waals surface area contributed by atoms with Crippen LogP contribution in [-0.4, -0.2) is 43.1 Å². The first-order valence-corrected chi connectivity index (χ1v) is 8.92. The zero-order valence-corrected chi connectivity index (χ0v) is 13.1. The monoisotopic (exact) mass is 310 g/mol. The molecule has 1 fully saturated rings. The summed E-state index contributed by atoms with van der Waals surface area (Å²) >= 11 is 0. The number of aliphatic hydroxyl groups is 1. The molecule has 2 heterocycles. The molecule has 1 saturated heterocycles. The van der Waals surface area contributed by atoms with E-state index in [9.17, 15) is 13.5 Å². The largest absolute Gasteiger partial charge is 0.390 e. The number of sulfonamides is 1. The van der Waals surface area contributed by atoms with Crippen LogP contribution in [0.25, 0.3) is 0 Å². The molecule has 1 aromatic rings. The van der Waals surface area contributed by atoms with Crippen LogP contribution in [0.3, 0.4) is 0 Å². The Kier molecular flexibility index (Phi) is 3.71. The summed E-state index contributed by atoms with van der Waals surface area (Å²) in [4.78, 5) is 0.425. The third-order valence-electron chi connectivity index (χ3n) is 4.47. The molecule has 0 amide bonds. The topological polar surface area (TPSA) is 69.6 Å². The Bertz CT molecular complexity index is 630. The van der Waals surface area contributed by atoms with E-state index in [0.717, 1.165) is 30.6 Å². The van der Waals surface area contributed by atoms with Gasteiger partial charge >= 0.3 is 0 Å². The number of nitrogens with zero attached hydrogens (tertiary/aromatic N) is 1. The highest BCUT2D eigenvalue weighted by Gasteiger charge is 2.35. The second-order valence-corrected chi connectivity index (χ2v) is 8.12. The van der Waals surface area contributed by atoms with Gasteiger partial charge in [-0.25, -0.2) is 8.42 Å². The molecule has 6 heteroatoms. The fourth-order valence-electron chi connectivity index (χ4n) is 3.07. The quantitative estimate of drug-likeness (QED) is 0.870. The lowest BCUT2D eigenvalue weighted by Crippen LogP contribution is -2.45. The zero-order chi connectivity index (χ0) is 15.1. The van der Waals surface area contributed by atoms with Crippen LogP contribution in [0, 0.1) is 0 Å². The van der Waals surface area contributed by atoms with Crippen molar-refractivity contribution in [3.8, 4) is 0 Å². The van der Waals surface area contributed by atoms with Crippen molar-refractivity contribution in [2.45, 2.75) is 43.1 Å². The van der Waals surface area contributed by atoms with Gasteiger partial charge < -0.3 is 10.4 Å². The first kappa shape index (κ1) is 14.8. The van der Waals surface area contributed by atoms with Gasteiger partial charge in [0, 0.05) is 25.3 Å². The third-order valence-corrected chi connectivity index (χ3v) is 6.45. The Hall–Kier alpha value is -1.11. The standard InChI is InChI=1S/C15H22N2O3S/c1-15(18)7-10-17(11-8-15)21(19,20)14-6-2-5-13-12(14)4-3-9-16-13/h2,5-6,16,18H,3-4,7-11H2,1H3. The van der Waals surface area contributed by atoms with Gasteiger partial charge in [-0.15, -0.1) is 0 Å². The Labute approximate surface area is 126 Å². The summed E-state index contributed by atoms with van der Waals surface area (Å²) < 4.78 is 27.3. The van der Waals surface area contributed by atoms with Crippen molar-refractivity contribution in [3.05, 3.63) is 23.8 Å². The Balaban J connectivity index is 1.93. The summed E-state index contributed by atoms with van der Waals surface area (Å²) in [6.45, 7) is 3.42. The maximum atomic E-state index is 12.9. The molecule has 116 valence electrons. The summed E-state index contributed by atoms with van der Waals surface area (Å²) in [7, 11) is -3.47. The normalized spacial score (nSPS) is 22.4. The van der Waals surface area contributed by atoms with Crippen LogP contribution in [0.5, 0.6) is 0 Å². The molecule has 2 aliphatic rings. The molecule has 0 unspecified atom stereocenters. The van der Waals surface area contributed by atoms with Crippen LogP contribution in [0.15, 0.2) is 23.1 Å². The maximum absolute atomic E-state index is 12.9. The summed E-state index contributed by atoms with van der Waals surface area (Å²) in [5.74, 6) is 0. The molecule has 0 saturated carbocycles. The minimum atomic E-state index is -3.47. The Morgan fingerprint density at radius 1 is 1.29 bits per heavy atom. The van der Waals surface area contributed by atoms with E-state index in [-0.39, 0.29) is 0 Å². The Morgan fingerprint density at radius 3 is 2.71 bits per heavy atom. The van der Waals surface area contributed by atoms with Gasteiger partial charge in [0.05, 0.1) is 10.5 Å². The van der Waals surface area contributed by atoms with Crippen molar-refractivity contribution < 1.29 is 13.5 Å². The predicted molar refractivity (Wildman–Crippen MR) is 81.9 cm³/mol. The maximum Gasteiger partial charge on any atom is 0.243 e. The van der Waals surface area contributed by atoms with Gasteiger partial charge in [-0.3, -0.25) is 0 Å². The lowest BCUT2D eigenvalue weighted by Gasteiger charge is -2.35. The van der Waals surface area contributed by atoms with Crippen LogP contribution >= 0.6 is 0 Å². The number of nitrogens with one attached hydrogen (secondary N) is 1. The SMILES string of the molecule is CC1(O)CCN(S(=O)(=O)c2cccc3c2CCCN3)CC1. The molecular weight excluding hydrogens is 288 g/mol. The van der Waals surface area contributed by atoms with Gasteiger partial charge in [0.1, 0.15) is 0 Å². The smallest absolute Gasteiger partial charge is 0.243 e. The van der Waals surface area contributed by atoms with E-state index >= 15 is 0 Å². The zero-order valence-electron chi connectivity index (χ0n) is 12.3. The molecule has 21 heavy (non-hydrogen) atoms. The first-order chi connectivity index (χ1) is 9.90. The number of fused-ring (bicyclic) bond motifs is 1. The summed E-state index contributed by atoms with van der Waals surface area (Å²) in [5, 5.41) is 13.3. The number of rotatable bonds is 2. The summed E-state index contributed by atoms with van der Waals surface area (Å²) in [6.07, 6.45) is 2.72. The molecule has 0 spiro atoms. The molecule has 1 aromatic carbocycles. The molecule has 0 radical (unpaired) electrons. The van der Waals surface area contributed by atoms with Gasteiger partial charge in [-0.05, 0) is 50.3 Å². The molecule has 2 aliphatic heterocycles. The fourth-order valence-corrected chi connectivity index (χ4v) is 4.78. The van der Waals surface area contributed by atoms with Gasteiger partial charge in [-0.2, -0.15) is 4.31 Å². The second-order valence-electron chi connectivity index (χ2n) is 6.21. The number of benzene rings is 1. The van der Waals surface area contributed by atoms with Crippen molar-refractivity contribution in [1.29, 1.82) is 0 Å². The summed E-state index contributed by atoms with van der Waals surface area (Å²) in [5.41, 5.74) is 1.09. The van der Waals surface area contributed by atoms with E-state index in [1.54, 1.807) is 19.1 Å². The Morgan fingerprint density at radius 2 is 2.00 bits per heavy atom. The average Bonchev–Trinajstić information content (AvgIpc) is 2.46. The van der Waals surface area contributed by atoms with Crippen LogP contribution < -0.4 is 5.32 Å². The number of anilines is 1. The fraction of sp³-hybridized carbons (Fsp3) is 0.600.